The van der Waals surface area contributed by atoms with Crippen LogP contribution in [0.5, 0.6) is 0 Å². The molecule has 0 aliphatic carbocycles. The standard InChI is InChI=1S/C16H28ClN3S/c1-3-20-10-7-15(8-11-20)19(2)9-5-4-6-16-18-14(12-17)13-21-16/h13,15H,3-12H2,1-2H3. The van der Waals surface area contributed by atoms with E-state index in [1.54, 1.807) is 11.3 Å². The lowest BCUT2D eigenvalue weighted by molar-refractivity contribution is 0.130. The summed E-state index contributed by atoms with van der Waals surface area (Å²) < 4.78 is 0. The minimum absolute atomic E-state index is 0.537. The third kappa shape index (κ3) is 5.51. The Hall–Kier alpha value is -0.160. The molecule has 0 atom stereocenters. The van der Waals surface area contributed by atoms with Gasteiger partial charge in [0.15, 0.2) is 0 Å². The van der Waals surface area contributed by atoms with E-state index in [9.17, 15) is 0 Å². The van der Waals surface area contributed by atoms with Crippen molar-refractivity contribution in [1.29, 1.82) is 0 Å². The molecular weight excluding hydrogens is 302 g/mol. The summed E-state index contributed by atoms with van der Waals surface area (Å²) in [5.41, 5.74) is 1.02. The first-order chi connectivity index (χ1) is 10.2. The van der Waals surface area contributed by atoms with Crippen molar-refractivity contribution in [3.8, 4) is 0 Å². The predicted molar refractivity (Wildman–Crippen MR) is 92.4 cm³/mol. The van der Waals surface area contributed by atoms with Crippen LogP contribution in [-0.2, 0) is 12.3 Å². The Kier molecular flexibility index (Phi) is 7.44. The van der Waals surface area contributed by atoms with Gasteiger partial charge >= 0.3 is 0 Å². The van der Waals surface area contributed by atoms with Gasteiger partial charge in [-0.2, -0.15) is 0 Å². The summed E-state index contributed by atoms with van der Waals surface area (Å²) in [5.74, 6) is 0.537. The van der Waals surface area contributed by atoms with Crippen molar-refractivity contribution in [2.24, 2.45) is 0 Å². The zero-order valence-electron chi connectivity index (χ0n) is 13.4. The first-order valence-electron chi connectivity index (χ1n) is 8.14. The van der Waals surface area contributed by atoms with Crippen LogP contribution in [-0.4, -0.2) is 54.1 Å². The Morgan fingerprint density at radius 2 is 2.14 bits per heavy atom. The monoisotopic (exact) mass is 329 g/mol. The molecule has 0 saturated carbocycles. The number of hydrogen-bond acceptors (Lipinski definition) is 4. The Bertz CT molecular complexity index is 402. The molecular formula is C16H28ClN3S. The fraction of sp³-hybridized carbons (Fsp3) is 0.812. The van der Waals surface area contributed by atoms with Crippen molar-refractivity contribution in [3.63, 3.8) is 0 Å². The summed E-state index contributed by atoms with van der Waals surface area (Å²) >= 11 is 7.53. The highest BCUT2D eigenvalue weighted by Crippen LogP contribution is 2.17. The van der Waals surface area contributed by atoms with Crippen LogP contribution >= 0.6 is 22.9 Å². The van der Waals surface area contributed by atoms with E-state index in [0.717, 1.165) is 18.2 Å². The maximum atomic E-state index is 5.78. The largest absolute Gasteiger partial charge is 0.303 e. The minimum Gasteiger partial charge on any atom is -0.303 e. The number of hydrogen-bond donors (Lipinski definition) is 0. The molecule has 2 heterocycles. The molecule has 0 aromatic carbocycles. The lowest BCUT2D eigenvalue weighted by Gasteiger charge is -2.36. The second-order valence-corrected chi connectivity index (χ2v) is 7.18. The molecule has 1 fully saturated rings. The van der Waals surface area contributed by atoms with Crippen molar-refractivity contribution in [3.05, 3.63) is 16.1 Å². The number of likely N-dealkylation sites (tertiary alicyclic amines) is 1. The van der Waals surface area contributed by atoms with Gasteiger partial charge in [0.1, 0.15) is 0 Å². The number of thiazole rings is 1. The van der Waals surface area contributed by atoms with Crippen molar-refractivity contribution < 1.29 is 0 Å². The topological polar surface area (TPSA) is 19.4 Å². The lowest BCUT2D eigenvalue weighted by Crippen LogP contribution is -2.43. The molecule has 21 heavy (non-hydrogen) atoms. The van der Waals surface area contributed by atoms with Gasteiger partial charge in [-0.05, 0) is 65.3 Å². The Morgan fingerprint density at radius 1 is 1.38 bits per heavy atom. The molecule has 0 spiro atoms. The highest BCUT2D eigenvalue weighted by atomic mass is 35.5. The molecule has 1 saturated heterocycles. The molecule has 120 valence electrons. The number of aromatic nitrogens is 1. The van der Waals surface area contributed by atoms with Gasteiger partial charge in [0, 0.05) is 11.4 Å². The molecule has 0 radical (unpaired) electrons. The SMILES string of the molecule is CCN1CCC(N(C)CCCCc2nc(CCl)cs2)CC1. The van der Waals surface area contributed by atoms with Crippen molar-refractivity contribution in [2.75, 3.05) is 33.2 Å². The van der Waals surface area contributed by atoms with Gasteiger partial charge in [-0.1, -0.05) is 6.92 Å². The number of halogens is 1. The van der Waals surface area contributed by atoms with Gasteiger partial charge in [-0.3, -0.25) is 0 Å². The fourth-order valence-corrected chi connectivity index (χ4v) is 4.09. The third-order valence-electron chi connectivity index (χ3n) is 4.52. The van der Waals surface area contributed by atoms with Gasteiger partial charge in [-0.15, -0.1) is 22.9 Å². The van der Waals surface area contributed by atoms with Crippen LogP contribution in [0, 0.1) is 0 Å². The number of aryl methyl sites for hydroxylation is 1. The van der Waals surface area contributed by atoms with Crippen LogP contribution in [0.25, 0.3) is 0 Å². The number of unbranched alkanes of at least 4 members (excludes halogenated alkanes) is 1. The maximum Gasteiger partial charge on any atom is 0.0928 e. The zero-order valence-corrected chi connectivity index (χ0v) is 14.9. The van der Waals surface area contributed by atoms with E-state index in [2.05, 4.69) is 34.1 Å². The van der Waals surface area contributed by atoms with Gasteiger partial charge in [0.25, 0.3) is 0 Å². The second kappa shape index (κ2) is 9.09. The number of nitrogens with zero attached hydrogens (tertiary/aromatic N) is 3. The lowest BCUT2D eigenvalue weighted by atomic mass is 10.0. The summed E-state index contributed by atoms with van der Waals surface area (Å²) in [4.78, 5) is 9.65. The van der Waals surface area contributed by atoms with Gasteiger partial charge < -0.3 is 9.80 Å². The summed E-state index contributed by atoms with van der Waals surface area (Å²) in [5, 5.41) is 3.32. The first-order valence-corrected chi connectivity index (χ1v) is 9.56. The molecule has 0 bridgehead atoms. The summed E-state index contributed by atoms with van der Waals surface area (Å²) in [6, 6.07) is 0.788. The summed E-state index contributed by atoms with van der Waals surface area (Å²) in [6.07, 6.45) is 6.25. The average Bonchev–Trinajstić information content (AvgIpc) is 2.99. The molecule has 0 N–H and O–H groups in total. The molecule has 1 aliphatic heterocycles. The molecule has 3 nitrogen and oxygen atoms in total. The van der Waals surface area contributed by atoms with E-state index >= 15 is 0 Å². The molecule has 1 aromatic rings. The number of alkyl halides is 1. The number of piperidine rings is 1. The highest BCUT2D eigenvalue weighted by Gasteiger charge is 2.20. The fourth-order valence-electron chi connectivity index (χ4n) is 3.02. The van der Waals surface area contributed by atoms with Crippen LogP contribution in [0.4, 0.5) is 0 Å². The molecule has 0 amide bonds. The second-order valence-electron chi connectivity index (χ2n) is 5.97. The van der Waals surface area contributed by atoms with Gasteiger partial charge in [-0.25, -0.2) is 4.98 Å². The van der Waals surface area contributed by atoms with Gasteiger partial charge in [0.2, 0.25) is 0 Å². The van der Waals surface area contributed by atoms with E-state index in [4.69, 9.17) is 11.6 Å². The van der Waals surface area contributed by atoms with Crippen LogP contribution in [0.3, 0.4) is 0 Å². The Balaban J connectivity index is 1.60. The van der Waals surface area contributed by atoms with Crippen molar-refractivity contribution in [2.45, 2.75) is 50.9 Å². The van der Waals surface area contributed by atoms with Crippen LogP contribution in [0.2, 0.25) is 0 Å². The van der Waals surface area contributed by atoms with E-state index in [-0.39, 0.29) is 0 Å². The average molecular weight is 330 g/mol. The van der Waals surface area contributed by atoms with E-state index in [1.165, 1.54) is 56.9 Å². The summed E-state index contributed by atoms with van der Waals surface area (Å²) in [6.45, 7) is 7.22. The molecule has 1 aliphatic rings. The van der Waals surface area contributed by atoms with E-state index in [0.29, 0.717) is 5.88 Å². The van der Waals surface area contributed by atoms with E-state index in [1.807, 2.05) is 0 Å². The Morgan fingerprint density at radius 3 is 2.76 bits per heavy atom. The summed E-state index contributed by atoms with van der Waals surface area (Å²) in [7, 11) is 2.29. The minimum atomic E-state index is 0.537. The van der Waals surface area contributed by atoms with E-state index < -0.39 is 0 Å². The van der Waals surface area contributed by atoms with Gasteiger partial charge in [0.05, 0.1) is 16.6 Å². The van der Waals surface area contributed by atoms with Crippen LogP contribution in [0.1, 0.15) is 43.3 Å². The number of rotatable bonds is 8. The molecule has 2 rings (SSSR count). The predicted octanol–water partition coefficient (Wildman–Crippen LogP) is 3.62. The maximum absolute atomic E-state index is 5.78. The third-order valence-corrected chi connectivity index (χ3v) is 5.75. The first kappa shape index (κ1) is 17.2. The van der Waals surface area contributed by atoms with Crippen molar-refractivity contribution >= 4 is 22.9 Å². The highest BCUT2D eigenvalue weighted by molar-refractivity contribution is 7.09. The molecule has 0 unspecified atom stereocenters. The molecule has 5 heteroatoms. The quantitative estimate of drug-likeness (QED) is 0.536. The molecule has 1 aromatic heterocycles. The van der Waals surface area contributed by atoms with Crippen LogP contribution in [0.15, 0.2) is 5.38 Å². The zero-order chi connectivity index (χ0) is 15.1. The normalized spacial score (nSPS) is 17.7. The van der Waals surface area contributed by atoms with Crippen LogP contribution < -0.4 is 0 Å². The Labute approximate surface area is 138 Å². The van der Waals surface area contributed by atoms with Crippen molar-refractivity contribution in [1.82, 2.24) is 14.8 Å². The smallest absolute Gasteiger partial charge is 0.0928 e.